The molecule has 1 aromatic carbocycles. The number of ether oxygens (including phenoxy) is 1. The standard InChI is InChI=1S/C12H16O3/c1-3-11(13)9(2)12(14)15-10-7-5-4-6-8-10/h4-9,11,13H,3H2,1-2H3/t9-,11-/m1/s1. The minimum atomic E-state index is -0.638. The number of aliphatic hydroxyl groups is 1. The highest BCUT2D eigenvalue weighted by molar-refractivity contribution is 5.75. The molecule has 0 spiro atoms. The van der Waals surface area contributed by atoms with E-state index in [9.17, 15) is 9.90 Å². The molecule has 3 heteroatoms. The average molecular weight is 208 g/mol. The Morgan fingerprint density at radius 2 is 2.00 bits per heavy atom. The van der Waals surface area contributed by atoms with Crippen molar-refractivity contribution < 1.29 is 14.6 Å². The normalized spacial score (nSPS) is 14.3. The number of carbonyl (C=O) groups is 1. The van der Waals surface area contributed by atoms with Gasteiger partial charge in [-0.05, 0) is 25.5 Å². The molecular weight excluding hydrogens is 192 g/mol. The fraction of sp³-hybridized carbons (Fsp3) is 0.417. The number of hydrogen-bond donors (Lipinski definition) is 1. The van der Waals surface area contributed by atoms with Gasteiger partial charge in [0.1, 0.15) is 5.75 Å². The molecule has 0 bridgehead atoms. The molecule has 0 aromatic heterocycles. The maximum atomic E-state index is 11.5. The maximum absolute atomic E-state index is 11.5. The summed E-state index contributed by atoms with van der Waals surface area (Å²) in [5.74, 6) is -0.372. The highest BCUT2D eigenvalue weighted by Gasteiger charge is 2.22. The van der Waals surface area contributed by atoms with Crippen molar-refractivity contribution in [3.05, 3.63) is 30.3 Å². The molecule has 0 aliphatic carbocycles. The van der Waals surface area contributed by atoms with E-state index >= 15 is 0 Å². The minimum absolute atomic E-state index is 0.393. The van der Waals surface area contributed by atoms with E-state index in [1.165, 1.54) is 0 Å². The van der Waals surface area contributed by atoms with Crippen LogP contribution in [0, 0.1) is 5.92 Å². The molecule has 15 heavy (non-hydrogen) atoms. The zero-order valence-corrected chi connectivity index (χ0v) is 9.01. The number of benzene rings is 1. The third-order valence-corrected chi connectivity index (χ3v) is 2.33. The van der Waals surface area contributed by atoms with E-state index in [0.29, 0.717) is 12.2 Å². The summed E-state index contributed by atoms with van der Waals surface area (Å²) < 4.78 is 5.10. The van der Waals surface area contributed by atoms with E-state index in [2.05, 4.69) is 0 Å². The zero-order valence-electron chi connectivity index (χ0n) is 9.01. The second-order valence-corrected chi connectivity index (χ2v) is 3.50. The predicted molar refractivity (Wildman–Crippen MR) is 57.5 cm³/mol. The van der Waals surface area contributed by atoms with Crippen LogP contribution in [0.2, 0.25) is 0 Å². The topological polar surface area (TPSA) is 46.5 Å². The van der Waals surface area contributed by atoms with Crippen molar-refractivity contribution in [1.82, 2.24) is 0 Å². The van der Waals surface area contributed by atoms with E-state index in [1.807, 2.05) is 13.0 Å². The lowest BCUT2D eigenvalue weighted by Crippen LogP contribution is -2.28. The first kappa shape index (κ1) is 11.7. The SMILES string of the molecule is CC[C@@H](O)[C@@H](C)C(=O)Oc1ccccc1. The quantitative estimate of drug-likeness (QED) is 0.608. The maximum Gasteiger partial charge on any atom is 0.316 e. The Morgan fingerprint density at radius 1 is 1.40 bits per heavy atom. The Balaban J connectivity index is 2.56. The van der Waals surface area contributed by atoms with Gasteiger partial charge in [0.25, 0.3) is 0 Å². The van der Waals surface area contributed by atoms with Crippen molar-refractivity contribution in [3.8, 4) is 5.75 Å². The van der Waals surface area contributed by atoms with Crippen molar-refractivity contribution >= 4 is 5.97 Å². The van der Waals surface area contributed by atoms with Crippen LogP contribution in [0.4, 0.5) is 0 Å². The van der Waals surface area contributed by atoms with Crippen LogP contribution in [0.5, 0.6) is 5.75 Å². The molecule has 0 aliphatic rings. The smallest absolute Gasteiger partial charge is 0.316 e. The Bertz CT molecular complexity index is 308. The van der Waals surface area contributed by atoms with Gasteiger partial charge < -0.3 is 9.84 Å². The van der Waals surface area contributed by atoms with Gasteiger partial charge in [0.15, 0.2) is 0 Å². The van der Waals surface area contributed by atoms with Crippen LogP contribution in [0.15, 0.2) is 30.3 Å². The van der Waals surface area contributed by atoms with Gasteiger partial charge in [0, 0.05) is 0 Å². The van der Waals surface area contributed by atoms with Crippen molar-refractivity contribution in [2.45, 2.75) is 26.4 Å². The molecule has 1 N–H and O–H groups in total. The molecule has 0 amide bonds. The molecule has 1 aromatic rings. The largest absolute Gasteiger partial charge is 0.426 e. The summed E-state index contributed by atoms with van der Waals surface area (Å²) in [6.45, 7) is 3.50. The Hall–Kier alpha value is -1.35. The fourth-order valence-corrected chi connectivity index (χ4v) is 1.21. The molecule has 3 nitrogen and oxygen atoms in total. The van der Waals surface area contributed by atoms with Gasteiger partial charge in [-0.1, -0.05) is 25.1 Å². The number of esters is 1. The van der Waals surface area contributed by atoms with E-state index < -0.39 is 18.0 Å². The highest BCUT2D eigenvalue weighted by atomic mass is 16.5. The van der Waals surface area contributed by atoms with Crippen molar-refractivity contribution in [1.29, 1.82) is 0 Å². The molecule has 82 valence electrons. The molecule has 0 saturated carbocycles. The van der Waals surface area contributed by atoms with Crippen molar-refractivity contribution in [2.24, 2.45) is 5.92 Å². The van der Waals surface area contributed by atoms with Gasteiger partial charge in [-0.2, -0.15) is 0 Å². The van der Waals surface area contributed by atoms with Crippen LogP contribution in [0.3, 0.4) is 0 Å². The van der Waals surface area contributed by atoms with E-state index in [0.717, 1.165) is 0 Å². The van der Waals surface area contributed by atoms with Gasteiger partial charge in [-0.3, -0.25) is 4.79 Å². The van der Waals surface area contributed by atoms with Gasteiger partial charge in [0.2, 0.25) is 0 Å². The lowest BCUT2D eigenvalue weighted by molar-refractivity contribution is -0.142. The number of para-hydroxylation sites is 1. The monoisotopic (exact) mass is 208 g/mol. The summed E-state index contributed by atoms with van der Waals surface area (Å²) in [5.41, 5.74) is 0. The van der Waals surface area contributed by atoms with Gasteiger partial charge >= 0.3 is 5.97 Å². The van der Waals surface area contributed by atoms with Crippen LogP contribution in [0.25, 0.3) is 0 Å². The van der Waals surface area contributed by atoms with Gasteiger partial charge in [0.05, 0.1) is 12.0 Å². The Morgan fingerprint density at radius 3 is 2.53 bits per heavy atom. The lowest BCUT2D eigenvalue weighted by atomic mass is 10.0. The molecule has 0 aliphatic heterocycles. The van der Waals surface area contributed by atoms with Crippen LogP contribution < -0.4 is 4.74 Å². The molecule has 0 heterocycles. The second kappa shape index (κ2) is 5.51. The van der Waals surface area contributed by atoms with Gasteiger partial charge in [-0.15, -0.1) is 0 Å². The number of aliphatic hydroxyl groups excluding tert-OH is 1. The Labute approximate surface area is 89.7 Å². The molecule has 0 saturated heterocycles. The van der Waals surface area contributed by atoms with E-state index in [4.69, 9.17) is 4.74 Å². The number of carbonyl (C=O) groups excluding carboxylic acids is 1. The first-order valence-corrected chi connectivity index (χ1v) is 5.10. The van der Waals surface area contributed by atoms with Crippen LogP contribution in [-0.4, -0.2) is 17.2 Å². The average Bonchev–Trinajstić information content (AvgIpc) is 2.28. The van der Waals surface area contributed by atoms with Crippen LogP contribution in [-0.2, 0) is 4.79 Å². The molecule has 0 unspecified atom stereocenters. The zero-order chi connectivity index (χ0) is 11.3. The third kappa shape index (κ3) is 3.36. The summed E-state index contributed by atoms with van der Waals surface area (Å²) in [6, 6.07) is 8.86. The number of hydrogen-bond acceptors (Lipinski definition) is 3. The first-order valence-electron chi connectivity index (χ1n) is 5.10. The van der Waals surface area contributed by atoms with Crippen LogP contribution >= 0.6 is 0 Å². The predicted octanol–water partition coefficient (Wildman–Crippen LogP) is 2.00. The second-order valence-electron chi connectivity index (χ2n) is 3.50. The van der Waals surface area contributed by atoms with Gasteiger partial charge in [-0.25, -0.2) is 0 Å². The highest BCUT2D eigenvalue weighted by Crippen LogP contribution is 2.14. The van der Waals surface area contributed by atoms with Crippen LogP contribution in [0.1, 0.15) is 20.3 Å². The lowest BCUT2D eigenvalue weighted by Gasteiger charge is -2.15. The molecule has 0 fully saturated rings. The summed E-state index contributed by atoms with van der Waals surface area (Å²) >= 11 is 0. The minimum Gasteiger partial charge on any atom is -0.426 e. The fourth-order valence-electron chi connectivity index (χ4n) is 1.21. The molecule has 0 radical (unpaired) electrons. The molecule has 1 rings (SSSR count). The van der Waals surface area contributed by atoms with Crippen molar-refractivity contribution in [2.75, 3.05) is 0 Å². The number of rotatable bonds is 4. The summed E-state index contributed by atoms with van der Waals surface area (Å²) in [4.78, 5) is 11.5. The first-order chi connectivity index (χ1) is 7.15. The van der Waals surface area contributed by atoms with E-state index in [-0.39, 0.29) is 0 Å². The third-order valence-electron chi connectivity index (χ3n) is 2.33. The summed E-state index contributed by atoms with van der Waals surface area (Å²) in [6.07, 6.45) is -0.0911. The summed E-state index contributed by atoms with van der Waals surface area (Å²) in [7, 11) is 0. The molecular formula is C12H16O3. The van der Waals surface area contributed by atoms with E-state index in [1.54, 1.807) is 31.2 Å². The van der Waals surface area contributed by atoms with Crippen molar-refractivity contribution in [3.63, 3.8) is 0 Å². The summed E-state index contributed by atoms with van der Waals surface area (Å²) in [5, 5.41) is 9.47. The molecule has 2 atom stereocenters. The Kier molecular flexibility index (Phi) is 4.31.